The minimum Gasteiger partial charge on any atom is -0.396 e. The Kier molecular flexibility index (Phi) is 3.83. The summed E-state index contributed by atoms with van der Waals surface area (Å²) in [7, 11) is 0. The predicted molar refractivity (Wildman–Crippen MR) is 64.9 cm³/mol. The quantitative estimate of drug-likeness (QED) is 0.735. The highest BCUT2D eigenvalue weighted by Gasteiger charge is 2.43. The van der Waals surface area contributed by atoms with E-state index in [-0.39, 0.29) is 12.0 Å². The molecule has 1 fully saturated rings. The Morgan fingerprint density at radius 1 is 1.33 bits per heavy atom. The molecule has 0 heterocycles. The molecule has 0 bridgehead atoms. The summed E-state index contributed by atoms with van der Waals surface area (Å²) in [6.45, 7) is 11.6. The Bertz CT molecular complexity index is 203. The van der Waals surface area contributed by atoms with Gasteiger partial charge in [0.25, 0.3) is 0 Å². The Hall–Kier alpha value is -0.0800. The zero-order chi connectivity index (χ0) is 11.7. The molecule has 0 aliphatic heterocycles. The van der Waals surface area contributed by atoms with E-state index in [1.807, 2.05) is 0 Å². The normalized spacial score (nSPS) is 23.6. The summed E-state index contributed by atoms with van der Waals surface area (Å²) in [5.74, 6) is 0. The molecule has 1 saturated carbocycles. The molecule has 1 rings (SSSR count). The second-order valence-electron chi connectivity index (χ2n) is 6.47. The van der Waals surface area contributed by atoms with E-state index in [9.17, 15) is 0 Å². The van der Waals surface area contributed by atoms with Crippen molar-refractivity contribution in [2.24, 2.45) is 10.8 Å². The molecule has 0 saturated heterocycles. The number of nitrogens with one attached hydrogen (secondary N) is 1. The van der Waals surface area contributed by atoms with Crippen LogP contribution in [0.25, 0.3) is 0 Å². The van der Waals surface area contributed by atoms with Gasteiger partial charge in [-0.2, -0.15) is 0 Å². The number of hydrogen-bond donors (Lipinski definition) is 2. The summed E-state index contributed by atoms with van der Waals surface area (Å²) in [4.78, 5) is 0. The summed E-state index contributed by atoms with van der Waals surface area (Å²) in [6, 6.07) is 0.975. The number of rotatable bonds is 5. The third-order valence-corrected chi connectivity index (χ3v) is 4.00. The maximum absolute atomic E-state index is 9.09. The first-order valence-electron chi connectivity index (χ1n) is 6.16. The molecule has 15 heavy (non-hydrogen) atoms. The zero-order valence-corrected chi connectivity index (χ0v) is 10.9. The van der Waals surface area contributed by atoms with Crippen LogP contribution >= 0.6 is 0 Å². The third-order valence-electron chi connectivity index (χ3n) is 4.00. The lowest BCUT2D eigenvalue weighted by atomic mass is 9.83. The maximum atomic E-state index is 9.09. The van der Waals surface area contributed by atoms with Crippen LogP contribution in [0.4, 0.5) is 0 Å². The van der Waals surface area contributed by atoms with Gasteiger partial charge in [0.05, 0.1) is 0 Å². The lowest BCUT2D eigenvalue weighted by Crippen LogP contribution is -2.48. The van der Waals surface area contributed by atoms with Crippen LogP contribution in [0.3, 0.4) is 0 Å². The van der Waals surface area contributed by atoms with Crippen molar-refractivity contribution in [3.63, 3.8) is 0 Å². The molecule has 0 spiro atoms. The van der Waals surface area contributed by atoms with Gasteiger partial charge < -0.3 is 10.4 Å². The molecule has 1 aliphatic carbocycles. The highest BCUT2D eigenvalue weighted by Crippen LogP contribution is 2.48. The second kappa shape index (κ2) is 4.42. The van der Waals surface area contributed by atoms with E-state index in [1.54, 1.807) is 0 Å². The SMILES string of the molecule is CC(NC(CCO)C(C)(C)C)C1(C)CC1. The van der Waals surface area contributed by atoms with E-state index in [0.717, 1.165) is 6.42 Å². The maximum Gasteiger partial charge on any atom is 0.0446 e. The summed E-state index contributed by atoms with van der Waals surface area (Å²) in [5, 5.41) is 12.8. The molecule has 2 atom stereocenters. The first-order valence-corrected chi connectivity index (χ1v) is 6.16. The van der Waals surface area contributed by atoms with Gasteiger partial charge in [0.15, 0.2) is 0 Å². The fraction of sp³-hybridized carbons (Fsp3) is 1.00. The first kappa shape index (κ1) is 13.0. The van der Waals surface area contributed by atoms with Gasteiger partial charge in [0.1, 0.15) is 0 Å². The van der Waals surface area contributed by atoms with Gasteiger partial charge in [0.2, 0.25) is 0 Å². The number of hydrogen-bond acceptors (Lipinski definition) is 2. The van der Waals surface area contributed by atoms with Crippen molar-refractivity contribution in [3.8, 4) is 0 Å². The van der Waals surface area contributed by atoms with E-state index >= 15 is 0 Å². The lowest BCUT2D eigenvalue weighted by molar-refractivity contribution is 0.173. The van der Waals surface area contributed by atoms with Crippen molar-refractivity contribution in [2.75, 3.05) is 6.61 Å². The van der Waals surface area contributed by atoms with Crippen LogP contribution in [0.1, 0.15) is 53.9 Å². The molecule has 2 nitrogen and oxygen atoms in total. The molecular formula is C13H27NO. The van der Waals surface area contributed by atoms with Gasteiger partial charge in [-0.15, -0.1) is 0 Å². The molecule has 2 heteroatoms. The van der Waals surface area contributed by atoms with Crippen LogP contribution < -0.4 is 5.32 Å². The van der Waals surface area contributed by atoms with Gasteiger partial charge in [-0.25, -0.2) is 0 Å². The molecule has 2 unspecified atom stereocenters. The van der Waals surface area contributed by atoms with Crippen LogP contribution in [0, 0.1) is 10.8 Å². The highest BCUT2D eigenvalue weighted by molar-refractivity contribution is 4.98. The largest absolute Gasteiger partial charge is 0.396 e. The van der Waals surface area contributed by atoms with Crippen LogP contribution in [0.15, 0.2) is 0 Å². The van der Waals surface area contributed by atoms with Crippen LogP contribution in [-0.4, -0.2) is 23.8 Å². The number of aliphatic hydroxyl groups is 1. The topological polar surface area (TPSA) is 32.3 Å². The Balaban J connectivity index is 2.50. The van der Waals surface area contributed by atoms with Crippen LogP contribution in [0.2, 0.25) is 0 Å². The lowest BCUT2D eigenvalue weighted by Gasteiger charge is -2.35. The van der Waals surface area contributed by atoms with Crippen molar-refractivity contribution in [1.82, 2.24) is 5.32 Å². The van der Waals surface area contributed by atoms with E-state index < -0.39 is 0 Å². The summed E-state index contributed by atoms with van der Waals surface area (Å²) < 4.78 is 0. The van der Waals surface area contributed by atoms with Gasteiger partial charge in [-0.3, -0.25) is 0 Å². The molecule has 0 amide bonds. The van der Waals surface area contributed by atoms with E-state index in [2.05, 4.69) is 39.9 Å². The van der Waals surface area contributed by atoms with Gasteiger partial charge in [0, 0.05) is 18.7 Å². The Labute approximate surface area is 94.5 Å². The zero-order valence-electron chi connectivity index (χ0n) is 10.9. The Morgan fingerprint density at radius 3 is 2.20 bits per heavy atom. The molecular weight excluding hydrogens is 186 g/mol. The predicted octanol–water partition coefficient (Wildman–Crippen LogP) is 2.56. The van der Waals surface area contributed by atoms with Gasteiger partial charge in [-0.1, -0.05) is 27.7 Å². The van der Waals surface area contributed by atoms with Gasteiger partial charge in [-0.05, 0) is 37.0 Å². The summed E-state index contributed by atoms with van der Waals surface area (Å²) in [6.07, 6.45) is 3.54. The molecule has 0 aromatic rings. The average molecular weight is 213 g/mol. The summed E-state index contributed by atoms with van der Waals surface area (Å²) >= 11 is 0. The molecule has 90 valence electrons. The van der Waals surface area contributed by atoms with E-state index in [0.29, 0.717) is 17.5 Å². The number of aliphatic hydroxyl groups excluding tert-OH is 1. The van der Waals surface area contributed by atoms with Crippen molar-refractivity contribution in [1.29, 1.82) is 0 Å². The molecule has 0 aromatic carbocycles. The monoisotopic (exact) mass is 213 g/mol. The minimum atomic E-state index is 0.224. The average Bonchev–Trinajstić information content (AvgIpc) is 2.82. The van der Waals surface area contributed by atoms with Crippen LogP contribution in [0.5, 0.6) is 0 Å². The summed E-state index contributed by atoms with van der Waals surface area (Å²) in [5.41, 5.74) is 0.737. The minimum absolute atomic E-state index is 0.224. The van der Waals surface area contributed by atoms with Crippen molar-refractivity contribution in [2.45, 2.75) is 66.0 Å². The van der Waals surface area contributed by atoms with Crippen molar-refractivity contribution in [3.05, 3.63) is 0 Å². The fourth-order valence-corrected chi connectivity index (χ4v) is 2.03. The highest BCUT2D eigenvalue weighted by atomic mass is 16.3. The fourth-order valence-electron chi connectivity index (χ4n) is 2.03. The standard InChI is InChI=1S/C13H27NO/c1-10(13(5)7-8-13)14-11(6-9-15)12(2,3)4/h10-11,14-15H,6-9H2,1-5H3. The first-order chi connectivity index (χ1) is 6.79. The molecule has 0 radical (unpaired) electrons. The second-order valence-corrected chi connectivity index (χ2v) is 6.47. The molecule has 2 N–H and O–H groups in total. The van der Waals surface area contributed by atoms with Crippen LogP contribution in [-0.2, 0) is 0 Å². The van der Waals surface area contributed by atoms with Gasteiger partial charge >= 0.3 is 0 Å². The molecule has 0 aromatic heterocycles. The smallest absolute Gasteiger partial charge is 0.0446 e. The van der Waals surface area contributed by atoms with E-state index in [1.165, 1.54) is 12.8 Å². The third kappa shape index (κ3) is 3.46. The Morgan fingerprint density at radius 2 is 1.87 bits per heavy atom. The molecule has 1 aliphatic rings. The van der Waals surface area contributed by atoms with Crippen molar-refractivity contribution < 1.29 is 5.11 Å². The van der Waals surface area contributed by atoms with Crippen molar-refractivity contribution >= 4 is 0 Å². The van der Waals surface area contributed by atoms with E-state index in [4.69, 9.17) is 5.11 Å².